The van der Waals surface area contributed by atoms with Crippen molar-refractivity contribution < 1.29 is 14.3 Å². The van der Waals surface area contributed by atoms with Gasteiger partial charge in [0.25, 0.3) is 5.91 Å². The van der Waals surface area contributed by atoms with Crippen molar-refractivity contribution in [3.05, 3.63) is 63.1 Å². The molecule has 1 amide bonds. The topological polar surface area (TPSA) is 50.8 Å². The third-order valence-electron chi connectivity index (χ3n) is 7.15. The van der Waals surface area contributed by atoms with Gasteiger partial charge in [0, 0.05) is 36.8 Å². The number of likely N-dealkylation sites (tertiary alicyclic amines) is 1. The Morgan fingerprint density at radius 3 is 2.60 bits per heavy atom. The fraction of sp³-hybridized carbons (Fsp3) is 0.552. The number of amides is 1. The van der Waals surface area contributed by atoms with Gasteiger partial charge in [-0.3, -0.25) is 9.69 Å². The summed E-state index contributed by atoms with van der Waals surface area (Å²) in [6.45, 7) is 12.0. The molecule has 3 rings (SSSR count). The molecule has 2 aromatic carbocycles. The smallest absolute Gasteiger partial charge is 0.252 e. The SMILES string of the molecule is CCCC1CC(NC(=O)c2ccccc2Br)CC(C)CN1Cc1ccc(OCCOC)c(C)c1C. The van der Waals surface area contributed by atoms with Crippen molar-refractivity contribution in [2.75, 3.05) is 26.9 Å². The molecule has 1 fully saturated rings. The number of halogens is 1. The largest absolute Gasteiger partial charge is 0.491 e. The van der Waals surface area contributed by atoms with E-state index in [0.717, 1.165) is 49.0 Å². The van der Waals surface area contributed by atoms with Gasteiger partial charge in [0.1, 0.15) is 12.4 Å². The molecule has 3 unspecified atom stereocenters. The minimum Gasteiger partial charge on any atom is -0.491 e. The fourth-order valence-electron chi connectivity index (χ4n) is 5.17. The summed E-state index contributed by atoms with van der Waals surface area (Å²) in [5.41, 5.74) is 4.55. The summed E-state index contributed by atoms with van der Waals surface area (Å²) in [7, 11) is 1.69. The Kier molecular flexibility index (Phi) is 10.6. The van der Waals surface area contributed by atoms with Crippen LogP contribution in [-0.2, 0) is 11.3 Å². The minimum atomic E-state index is 0.00824. The lowest BCUT2D eigenvalue weighted by molar-refractivity contribution is 0.0925. The van der Waals surface area contributed by atoms with Gasteiger partial charge in [-0.25, -0.2) is 0 Å². The van der Waals surface area contributed by atoms with Gasteiger partial charge in [0.2, 0.25) is 0 Å². The van der Waals surface area contributed by atoms with E-state index < -0.39 is 0 Å². The van der Waals surface area contributed by atoms with E-state index in [1.54, 1.807) is 7.11 Å². The summed E-state index contributed by atoms with van der Waals surface area (Å²) in [5, 5.41) is 3.35. The van der Waals surface area contributed by atoms with Crippen molar-refractivity contribution in [1.29, 1.82) is 0 Å². The lowest BCUT2D eigenvalue weighted by Gasteiger charge is -2.32. The van der Waals surface area contributed by atoms with E-state index in [0.29, 0.717) is 30.7 Å². The molecule has 35 heavy (non-hydrogen) atoms. The maximum Gasteiger partial charge on any atom is 0.252 e. The van der Waals surface area contributed by atoms with Crippen LogP contribution in [0.4, 0.5) is 0 Å². The first-order valence-corrected chi connectivity index (χ1v) is 13.6. The summed E-state index contributed by atoms with van der Waals surface area (Å²) in [4.78, 5) is 15.7. The van der Waals surface area contributed by atoms with E-state index in [9.17, 15) is 4.79 Å². The van der Waals surface area contributed by atoms with Gasteiger partial charge in [0.05, 0.1) is 12.2 Å². The fourth-order valence-corrected chi connectivity index (χ4v) is 5.64. The Bertz CT molecular complexity index is 980. The van der Waals surface area contributed by atoms with E-state index in [1.807, 2.05) is 24.3 Å². The van der Waals surface area contributed by atoms with Crippen LogP contribution in [0.3, 0.4) is 0 Å². The number of nitrogens with zero attached hydrogens (tertiary/aromatic N) is 1. The second-order valence-corrected chi connectivity index (χ2v) is 10.8. The molecule has 3 atom stereocenters. The van der Waals surface area contributed by atoms with Crippen LogP contribution in [0.2, 0.25) is 0 Å². The number of carbonyl (C=O) groups is 1. The van der Waals surface area contributed by atoms with E-state index in [1.165, 1.54) is 16.7 Å². The molecule has 1 saturated heterocycles. The Hall–Kier alpha value is -1.89. The molecule has 1 aliphatic heterocycles. The maximum atomic E-state index is 13.0. The zero-order valence-electron chi connectivity index (χ0n) is 21.9. The minimum absolute atomic E-state index is 0.00824. The number of methoxy groups -OCH3 is 1. The molecular formula is C29H41BrN2O3. The first-order valence-electron chi connectivity index (χ1n) is 12.8. The highest BCUT2D eigenvalue weighted by Crippen LogP contribution is 2.30. The summed E-state index contributed by atoms with van der Waals surface area (Å²) in [6, 6.07) is 12.6. The third kappa shape index (κ3) is 7.55. The van der Waals surface area contributed by atoms with Crippen LogP contribution >= 0.6 is 15.9 Å². The van der Waals surface area contributed by atoms with Crippen LogP contribution in [0.5, 0.6) is 5.75 Å². The molecule has 192 valence electrons. The summed E-state index contributed by atoms with van der Waals surface area (Å²) >= 11 is 3.52. The van der Waals surface area contributed by atoms with Gasteiger partial charge in [-0.05, 0) is 89.8 Å². The zero-order valence-corrected chi connectivity index (χ0v) is 23.5. The van der Waals surface area contributed by atoms with Gasteiger partial charge in [-0.1, -0.05) is 38.5 Å². The molecule has 1 aliphatic rings. The molecule has 0 aliphatic carbocycles. The zero-order chi connectivity index (χ0) is 25.4. The highest BCUT2D eigenvalue weighted by Gasteiger charge is 2.30. The number of hydrogen-bond acceptors (Lipinski definition) is 4. The predicted molar refractivity (Wildman–Crippen MR) is 146 cm³/mol. The third-order valence-corrected chi connectivity index (χ3v) is 7.84. The molecule has 2 aromatic rings. The normalized spacial score (nSPS) is 20.9. The number of rotatable bonds is 10. The second-order valence-electron chi connectivity index (χ2n) is 9.91. The van der Waals surface area contributed by atoms with Crippen LogP contribution in [-0.4, -0.2) is 49.8 Å². The van der Waals surface area contributed by atoms with Crippen molar-refractivity contribution in [1.82, 2.24) is 10.2 Å². The standard InChI is InChI=1S/C29H41BrN2O3/c1-6-9-25-17-24(31-29(33)26-10-7-8-11-27(26)30)16-20(2)18-32(25)19-23-12-13-28(22(4)21(23)3)35-15-14-34-5/h7-8,10-13,20,24-25H,6,9,14-19H2,1-5H3,(H,31,33). The summed E-state index contributed by atoms with van der Waals surface area (Å²) < 4.78 is 11.9. The highest BCUT2D eigenvalue weighted by atomic mass is 79.9. The Morgan fingerprint density at radius 1 is 1.11 bits per heavy atom. The van der Waals surface area contributed by atoms with E-state index in [2.05, 4.69) is 66.0 Å². The van der Waals surface area contributed by atoms with Gasteiger partial charge in [-0.15, -0.1) is 0 Å². The molecule has 0 radical (unpaired) electrons. The Morgan fingerprint density at radius 2 is 1.89 bits per heavy atom. The molecule has 6 heteroatoms. The average molecular weight is 546 g/mol. The Balaban J connectivity index is 1.74. The van der Waals surface area contributed by atoms with Crippen molar-refractivity contribution in [2.45, 2.75) is 72.0 Å². The van der Waals surface area contributed by atoms with Crippen molar-refractivity contribution in [3.8, 4) is 5.75 Å². The monoisotopic (exact) mass is 544 g/mol. The summed E-state index contributed by atoms with van der Waals surface area (Å²) in [5.74, 6) is 1.45. The lowest BCUT2D eigenvalue weighted by atomic mass is 9.97. The van der Waals surface area contributed by atoms with Crippen molar-refractivity contribution in [3.63, 3.8) is 0 Å². The van der Waals surface area contributed by atoms with Gasteiger partial charge in [0.15, 0.2) is 0 Å². The molecule has 5 nitrogen and oxygen atoms in total. The number of ether oxygens (including phenoxy) is 2. The van der Waals surface area contributed by atoms with Crippen molar-refractivity contribution in [2.24, 2.45) is 5.92 Å². The molecule has 0 bridgehead atoms. The Labute approximate surface area is 219 Å². The molecule has 1 heterocycles. The van der Waals surface area contributed by atoms with E-state index in [-0.39, 0.29) is 11.9 Å². The van der Waals surface area contributed by atoms with Gasteiger partial charge >= 0.3 is 0 Å². The van der Waals surface area contributed by atoms with Crippen LogP contribution in [0.1, 0.15) is 66.6 Å². The molecule has 1 N–H and O–H groups in total. The first-order chi connectivity index (χ1) is 16.8. The van der Waals surface area contributed by atoms with Crippen LogP contribution in [0.25, 0.3) is 0 Å². The molecule has 0 aromatic heterocycles. The first kappa shape index (κ1) is 27.7. The van der Waals surface area contributed by atoms with Gasteiger partial charge < -0.3 is 14.8 Å². The van der Waals surface area contributed by atoms with Gasteiger partial charge in [-0.2, -0.15) is 0 Å². The van der Waals surface area contributed by atoms with E-state index >= 15 is 0 Å². The second kappa shape index (κ2) is 13.4. The number of nitrogens with one attached hydrogen (secondary N) is 1. The molecule has 0 saturated carbocycles. The average Bonchev–Trinajstić information content (AvgIpc) is 2.96. The quantitative estimate of drug-likeness (QED) is 0.357. The number of carbonyl (C=O) groups excluding carboxylic acids is 1. The molecule has 0 spiro atoms. The predicted octanol–water partition coefficient (Wildman–Crippen LogP) is 6.29. The summed E-state index contributed by atoms with van der Waals surface area (Å²) in [6.07, 6.45) is 4.23. The number of benzene rings is 2. The highest BCUT2D eigenvalue weighted by molar-refractivity contribution is 9.10. The van der Waals surface area contributed by atoms with Crippen LogP contribution in [0.15, 0.2) is 40.9 Å². The van der Waals surface area contributed by atoms with E-state index in [4.69, 9.17) is 9.47 Å². The van der Waals surface area contributed by atoms with Crippen molar-refractivity contribution >= 4 is 21.8 Å². The molecular weight excluding hydrogens is 504 g/mol. The lowest BCUT2D eigenvalue weighted by Crippen LogP contribution is -2.40. The van der Waals surface area contributed by atoms with Crippen LogP contribution < -0.4 is 10.1 Å². The number of hydrogen-bond donors (Lipinski definition) is 1. The van der Waals surface area contributed by atoms with Crippen LogP contribution in [0, 0.1) is 19.8 Å². The maximum absolute atomic E-state index is 13.0.